The number of pyridine rings is 1. The van der Waals surface area contributed by atoms with Gasteiger partial charge in [-0.25, -0.2) is 0 Å². The molecule has 0 saturated heterocycles. The molecule has 1 amide bonds. The summed E-state index contributed by atoms with van der Waals surface area (Å²) >= 11 is 11.4. The third-order valence-electron chi connectivity index (χ3n) is 3.04. The van der Waals surface area contributed by atoms with Crippen molar-refractivity contribution in [3.05, 3.63) is 30.6 Å². The fourth-order valence-electron chi connectivity index (χ4n) is 1.89. The Morgan fingerprint density at radius 3 is 2.70 bits per heavy atom. The maximum atomic E-state index is 12.2. The molecule has 0 atom stereocenters. The third-order valence-corrected chi connectivity index (χ3v) is 3.41. The number of nitrogens with zero attached hydrogens (tertiary/aromatic N) is 3. The van der Waals surface area contributed by atoms with Crippen molar-refractivity contribution >= 4 is 40.6 Å². The Kier molecular flexibility index (Phi) is 6.09. The van der Waals surface area contributed by atoms with Gasteiger partial charge in [0.15, 0.2) is 10.6 Å². The summed E-state index contributed by atoms with van der Waals surface area (Å²) in [5, 5.41) is 3.61. The van der Waals surface area contributed by atoms with E-state index in [0.717, 1.165) is 0 Å². The number of amides is 1. The molecule has 0 saturated carbocycles. The van der Waals surface area contributed by atoms with E-state index in [1.54, 1.807) is 18.2 Å². The zero-order valence-electron chi connectivity index (χ0n) is 12.0. The lowest BCUT2D eigenvalue weighted by molar-refractivity contribution is -0.118. The molecule has 2 aromatic heterocycles. The van der Waals surface area contributed by atoms with E-state index in [1.807, 2.05) is 0 Å². The zero-order valence-corrected chi connectivity index (χ0v) is 13.5. The van der Waals surface area contributed by atoms with E-state index in [2.05, 4.69) is 10.1 Å². The van der Waals surface area contributed by atoms with Gasteiger partial charge in [0.05, 0.1) is 12.7 Å². The maximum Gasteiger partial charge on any atom is 0.260 e. The Morgan fingerprint density at radius 2 is 2.09 bits per heavy atom. The molecule has 23 heavy (non-hydrogen) atoms. The molecule has 122 valence electrons. The monoisotopic (exact) mass is 356 g/mol. The Hall–Kier alpha value is -1.96. The van der Waals surface area contributed by atoms with Crippen molar-refractivity contribution in [2.45, 2.75) is 11.3 Å². The molecule has 0 fully saturated rings. The summed E-state index contributed by atoms with van der Waals surface area (Å²) in [5.74, 6) is -0.258. The van der Waals surface area contributed by atoms with Gasteiger partial charge in [0, 0.05) is 30.9 Å². The molecule has 7 nitrogen and oxygen atoms in total. The van der Waals surface area contributed by atoms with Gasteiger partial charge in [0.25, 0.3) is 5.91 Å². The first-order valence-electron chi connectivity index (χ1n) is 6.71. The van der Waals surface area contributed by atoms with Crippen molar-refractivity contribution in [1.29, 1.82) is 0 Å². The smallest absolute Gasteiger partial charge is 0.260 e. The highest BCUT2D eigenvalue weighted by molar-refractivity contribution is 6.54. The van der Waals surface area contributed by atoms with Crippen molar-refractivity contribution in [2.24, 2.45) is 5.73 Å². The second-order valence-corrected chi connectivity index (χ2v) is 5.66. The van der Waals surface area contributed by atoms with Crippen LogP contribution in [0.1, 0.15) is 6.42 Å². The number of rotatable bonds is 7. The van der Waals surface area contributed by atoms with E-state index in [9.17, 15) is 9.59 Å². The number of nitrogens with two attached hydrogens (primary N) is 1. The predicted molar refractivity (Wildman–Crippen MR) is 86.3 cm³/mol. The molecule has 2 aromatic rings. The van der Waals surface area contributed by atoms with Gasteiger partial charge in [-0.2, -0.15) is 0 Å². The molecule has 2 N–H and O–H groups in total. The van der Waals surface area contributed by atoms with Crippen LogP contribution in [0.4, 0.5) is 5.69 Å². The van der Waals surface area contributed by atoms with Gasteiger partial charge in [0.2, 0.25) is 0 Å². The zero-order chi connectivity index (χ0) is 16.8. The molecule has 0 radical (unpaired) electrons. The predicted octanol–water partition coefficient (Wildman–Crippen LogP) is 1.79. The second-order valence-electron chi connectivity index (χ2n) is 4.56. The minimum atomic E-state index is -1.25. The molecule has 2 rings (SSSR count). The van der Waals surface area contributed by atoms with Crippen LogP contribution < -0.4 is 10.6 Å². The average molecular weight is 357 g/mol. The van der Waals surface area contributed by atoms with Crippen LogP contribution in [0, 0.1) is 0 Å². The Bertz CT molecular complexity index is 676. The molecular formula is C14H14Cl2N4O3. The molecule has 0 aliphatic heterocycles. The summed E-state index contributed by atoms with van der Waals surface area (Å²) < 4.78 is 5.04. The summed E-state index contributed by atoms with van der Waals surface area (Å²) in [6, 6.07) is 4.88. The van der Waals surface area contributed by atoms with Crippen LogP contribution in [-0.2, 0) is 9.59 Å². The number of ketones is 1. The maximum absolute atomic E-state index is 12.2. The summed E-state index contributed by atoms with van der Waals surface area (Å²) in [7, 11) is 0. The van der Waals surface area contributed by atoms with Crippen molar-refractivity contribution < 1.29 is 14.1 Å². The summed E-state index contributed by atoms with van der Waals surface area (Å²) in [6.45, 7) is 0.0253. The Labute approximate surface area is 142 Å². The normalized spacial score (nSPS) is 10.8. The summed E-state index contributed by atoms with van der Waals surface area (Å²) in [5.41, 5.74) is 6.27. The average Bonchev–Trinajstić information content (AvgIpc) is 3.09. The van der Waals surface area contributed by atoms with Gasteiger partial charge in [-0.1, -0.05) is 28.4 Å². The minimum Gasteiger partial charge on any atom is -0.355 e. The fraction of sp³-hybridized carbons (Fsp3) is 0.286. The number of hydrogen-bond acceptors (Lipinski definition) is 6. The fourth-order valence-corrected chi connectivity index (χ4v) is 2.13. The molecular weight excluding hydrogens is 343 g/mol. The molecule has 0 aromatic carbocycles. The van der Waals surface area contributed by atoms with E-state index in [-0.39, 0.29) is 25.3 Å². The quantitative estimate of drug-likeness (QED) is 0.758. The van der Waals surface area contributed by atoms with Gasteiger partial charge in [-0.15, -0.1) is 0 Å². The van der Waals surface area contributed by atoms with Crippen molar-refractivity contribution in [2.75, 3.05) is 18.0 Å². The molecule has 0 unspecified atom stereocenters. The van der Waals surface area contributed by atoms with E-state index >= 15 is 0 Å². The third kappa shape index (κ3) is 4.51. The number of halogens is 2. The molecule has 2 heterocycles. The standard InChI is InChI=1S/C14H14Cl2N4O3/c15-13(16)14(22)20(6-3-10(21)8-17)9-1-4-18-11(7-9)12-2-5-19-23-12/h1-2,4-5,7,13H,3,6,8,17H2. The molecule has 0 aliphatic carbocycles. The lowest BCUT2D eigenvalue weighted by Crippen LogP contribution is -2.37. The van der Waals surface area contributed by atoms with Crippen LogP contribution in [0.5, 0.6) is 0 Å². The lowest BCUT2D eigenvalue weighted by Gasteiger charge is -2.23. The van der Waals surface area contributed by atoms with Gasteiger partial charge in [-0.05, 0) is 12.1 Å². The van der Waals surface area contributed by atoms with Crippen molar-refractivity contribution in [1.82, 2.24) is 10.1 Å². The number of aromatic nitrogens is 2. The van der Waals surface area contributed by atoms with E-state index in [4.69, 9.17) is 33.5 Å². The minimum absolute atomic E-state index is 0.0904. The van der Waals surface area contributed by atoms with Crippen LogP contribution in [0.3, 0.4) is 0 Å². The van der Waals surface area contributed by atoms with Gasteiger partial charge in [0.1, 0.15) is 11.5 Å². The molecule has 0 spiro atoms. The largest absolute Gasteiger partial charge is 0.355 e. The van der Waals surface area contributed by atoms with Crippen molar-refractivity contribution in [3.8, 4) is 11.5 Å². The first-order chi connectivity index (χ1) is 11.0. The van der Waals surface area contributed by atoms with Crippen LogP contribution in [0.15, 0.2) is 35.1 Å². The van der Waals surface area contributed by atoms with Gasteiger partial charge < -0.3 is 15.2 Å². The Morgan fingerprint density at radius 1 is 1.30 bits per heavy atom. The SMILES string of the molecule is NCC(=O)CCN(C(=O)C(Cl)Cl)c1ccnc(-c2ccno2)c1. The summed E-state index contributed by atoms with van der Waals surface area (Å²) in [4.78, 5) is 27.9. The number of carbonyl (C=O) groups excluding carboxylic acids is 2. The topological polar surface area (TPSA) is 102 Å². The lowest BCUT2D eigenvalue weighted by atomic mass is 10.2. The van der Waals surface area contributed by atoms with E-state index in [1.165, 1.54) is 17.3 Å². The number of hydrogen-bond donors (Lipinski definition) is 1. The molecule has 9 heteroatoms. The number of Topliss-reactive ketones (excluding diaryl/α,β-unsaturated/α-hetero) is 1. The highest BCUT2D eigenvalue weighted by Crippen LogP contribution is 2.24. The number of anilines is 1. The molecule has 0 bridgehead atoms. The van der Waals surface area contributed by atoms with Crippen LogP contribution >= 0.6 is 23.2 Å². The van der Waals surface area contributed by atoms with Crippen LogP contribution in [-0.4, -0.2) is 39.8 Å². The van der Waals surface area contributed by atoms with Crippen LogP contribution in [0.2, 0.25) is 0 Å². The van der Waals surface area contributed by atoms with Crippen molar-refractivity contribution in [3.63, 3.8) is 0 Å². The highest BCUT2D eigenvalue weighted by atomic mass is 35.5. The van der Waals surface area contributed by atoms with Gasteiger partial charge in [-0.3, -0.25) is 14.6 Å². The Balaban J connectivity index is 2.29. The number of carbonyl (C=O) groups is 2. The summed E-state index contributed by atoms with van der Waals surface area (Å²) in [6.07, 6.45) is 3.10. The van der Waals surface area contributed by atoms with E-state index in [0.29, 0.717) is 17.1 Å². The van der Waals surface area contributed by atoms with E-state index < -0.39 is 10.7 Å². The first-order valence-corrected chi connectivity index (χ1v) is 7.58. The second kappa shape index (κ2) is 8.05. The highest BCUT2D eigenvalue weighted by Gasteiger charge is 2.23. The van der Waals surface area contributed by atoms with Crippen LogP contribution in [0.25, 0.3) is 11.5 Å². The number of alkyl halides is 2. The van der Waals surface area contributed by atoms with Gasteiger partial charge >= 0.3 is 0 Å². The molecule has 0 aliphatic rings. The first kappa shape index (κ1) is 17.4.